The van der Waals surface area contributed by atoms with Crippen molar-refractivity contribution in [3.05, 3.63) is 54.4 Å². The number of amides is 1. The van der Waals surface area contributed by atoms with Crippen LogP contribution < -0.4 is 0 Å². The molecule has 5 nitrogen and oxygen atoms in total. The third kappa shape index (κ3) is 2.56. The zero-order valence-electron chi connectivity index (χ0n) is 13.7. The van der Waals surface area contributed by atoms with Crippen LogP contribution >= 0.6 is 0 Å². The van der Waals surface area contributed by atoms with Crippen molar-refractivity contribution in [2.24, 2.45) is 5.92 Å². The molecule has 1 aromatic carbocycles. The number of carbonyl (C=O) groups excluding carboxylic acids is 1. The minimum Gasteiger partial charge on any atom is -0.338 e. The van der Waals surface area contributed by atoms with E-state index in [4.69, 9.17) is 0 Å². The normalized spacial score (nSPS) is 15.8. The molecule has 2 aromatic heterocycles. The Kier molecular flexibility index (Phi) is 3.76. The second-order valence-corrected chi connectivity index (χ2v) is 6.46. The van der Waals surface area contributed by atoms with Crippen LogP contribution in [0, 0.1) is 5.92 Å². The smallest absolute Gasteiger partial charge is 0.259 e. The minimum atomic E-state index is 0.0367. The van der Waals surface area contributed by atoms with Crippen molar-refractivity contribution in [1.82, 2.24) is 19.5 Å². The van der Waals surface area contributed by atoms with Crippen LogP contribution in [0.5, 0.6) is 0 Å². The predicted octanol–water partition coefficient (Wildman–Crippen LogP) is 3.27. The second kappa shape index (κ2) is 6.07. The standard InChI is InChI=1S/C19H20N4O/c1-14-8-11-22(12-9-14)19(24)16-13-21-23-17(7-10-20-18(16)23)15-5-3-2-4-6-15/h2-7,10,13-14H,8-9,11-12H2,1H3. The quantitative estimate of drug-likeness (QED) is 0.728. The highest BCUT2D eigenvalue weighted by atomic mass is 16.2. The van der Waals surface area contributed by atoms with E-state index >= 15 is 0 Å². The fraction of sp³-hybridized carbons (Fsp3) is 0.316. The fourth-order valence-electron chi connectivity index (χ4n) is 3.25. The molecule has 24 heavy (non-hydrogen) atoms. The van der Waals surface area contributed by atoms with E-state index < -0.39 is 0 Å². The van der Waals surface area contributed by atoms with Gasteiger partial charge in [-0.05, 0) is 24.8 Å². The summed E-state index contributed by atoms with van der Waals surface area (Å²) >= 11 is 0. The number of hydrogen-bond acceptors (Lipinski definition) is 3. The highest BCUT2D eigenvalue weighted by molar-refractivity contribution is 6.00. The maximum Gasteiger partial charge on any atom is 0.259 e. The molecule has 0 radical (unpaired) electrons. The Morgan fingerprint density at radius 2 is 1.88 bits per heavy atom. The summed E-state index contributed by atoms with van der Waals surface area (Å²) in [5.74, 6) is 0.732. The van der Waals surface area contributed by atoms with Crippen LogP contribution in [0.1, 0.15) is 30.1 Å². The van der Waals surface area contributed by atoms with Crippen molar-refractivity contribution in [3.63, 3.8) is 0 Å². The van der Waals surface area contributed by atoms with Crippen molar-refractivity contribution < 1.29 is 4.79 Å². The Labute approximate surface area is 140 Å². The molecule has 0 saturated carbocycles. The number of rotatable bonds is 2. The average molecular weight is 320 g/mol. The van der Waals surface area contributed by atoms with Gasteiger partial charge in [0, 0.05) is 24.8 Å². The van der Waals surface area contributed by atoms with Gasteiger partial charge < -0.3 is 4.90 Å². The molecular weight excluding hydrogens is 300 g/mol. The molecule has 0 atom stereocenters. The fourth-order valence-corrected chi connectivity index (χ4v) is 3.25. The van der Waals surface area contributed by atoms with E-state index in [-0.39, 0.29) is 5.91 Å². The lowest BCUT2D eigenvalue weighted by Gasteiger charge is -2.29. The molecule has 0 unspecified atom stereocenters. The molecular formula is C19H20N4O. The van der Waals surface area contributed by atoms with Gasteiger partial charge in [0.15, 0.2) is 5.65 Å². The van der Waals surface area contributed by atoms with Crippen LogP contribution in [0.4, 0.5) is 0 Å². The van der Waals surface area contributed by atoms with Gasteiger partial charge in [-0.1, -0.05) is 37.3 Å². The summed E-state index contributed by atoms with van der Waals surface area (Å²) in [6.45, 7) is 3.87. The molecule has 0 spiro atoms. The van der Waals surface area contributed by atoms with Gasteiger partial charge in [0.2, 0.25) is 0 Å². The number of likely N-dealkylation sites (tertiary alicyclic amines) is 1. The van der Waals surface area contributed by atoms with Crippen LogP contribution in [-0.4, -0.2) is 38.5 Å². The molecule has 1 saturated heterocycles. The Bertz CT molecular complexity index is 863. The Hall–Kier alpha value is -2.69. The second-order valence-electron chi connectivity index (χ2n) is 6.46. The van der Waals surface area contributed by atoms with Gasteiger partial charge in [-0.25, -0.2) is 9.50 Å². The average Bonchev–Trinajstić information content (AvgIpc) is 3.06. The lowest BCUT2D eigenvalue weighted by atomic mass is 9.99. The van der Waals surface area contributed by atoms with Crippen LogP contribution in [-0.2, 0) is 0 Å². The van der Waals surface area contributed by atoms with Gasteiger partial charge in [0.05, 0.1) is 11.9 Å². The largest absolute Gasteiger partial charge is 0.338 e. The molecule has 4 rings (SSSR count). The molecule has 3 aromatic rings. The molecule has 1 amide bonds. The van der Waals surface area contributed by atoms with Crippen LogP contribution in [0.3, 0.4) is 0 Å². The van der Waals surface area contributed by atoms with E-state index in [1.807, 2.05) is 41.3 Å². The van der Waals surface area contributed by atoms with E-state index in [1.54, 1.807) is 16.9 Å². The number of aromatic nitrogens is 3. The van der Waals surface area contributed by atoms with Gasteiger partial charge in [0.25, 0.3) is 5.91 Å². The number of nitrogens with zero attached hydrogens (tertiary/aromatic N) is 4. The summed E-state index contributed by atoms with van der Waals surface area (Å²) < 4.78 is 1.76. The predicted molar refractivity (Wildman–Crippen MR) is 92.7 cm³/mol. The Balaban J connectivity index is 1.72. The third-order valence-electron chi connectivity index (χ3n) is 4.77. The summed E-state index contributed by atoms with van der Waals surface area (Å²) in [5, 5.41) is 4.43. The monoisotopic (exact) mass is 320 g/mol. The molecule has 122 valence electrons. The first kappa shape index (κ1) is 14.9. The maximum atomic E-state index is 12.9. The van der Waals surface area contributed by atoms with Crippen molar-refractivity contribution in [1.29, 1.82) is 0 Å². The van der Waals surface area contributed by atoms with Crippen molar-refractivity contribution >= 4 is 11.6 Å². The first-order valence-corrected chi connectivity index (χ1v) is 8.41. The molecule has 1 aliphatic rings. The molecule has 3 heterocycles. The zero-order chi connectivity index (χ0) is 16.5. The number of hydrogen-bond donors (Lipinski definition) is 0. The topological polar surface area (TPSA) is 50.5 Å². The Morgan fingerprint density at radius 3 is 2.62 bits per heavy atom. The number of benzene rings is 1. The van der Waals surface area contributed by atoms with Gasteiger partial charge in [-0.3, -0.25) is 4.79 Å². The van der Waals surface area contributed by atoms with Crippen molar-refractivity contribution in [2.45, 2.75) is 19.8 Å². The van der Waals surface area contributed by atoms with Crippen LogP contribution in [0.25, 0.3) is 16.9 Å². The molecule has 0 bridgehead atoms. The number of piperidine rings is 1. The van der Waals surface area contributed by atoms with Crippen molar-refractivity contribution in [3.8, 4) is 11.3 Å². The zero-order valence-corrected chi connectivity index (χ0v) is 13.7. The molecule has 5 heteroatoms. The lowest BCUT2D eigenvalue weighted by molar-refractivity contribution is 0.0699. The Morgan fingerprint density at radius 1 is 1.12 bits per heavy atom. The highest BCUT2D eigenvalue weighted by Crippen LogP contribution is 2.23. The molecule has 0 N–H and O–H groups in total. The molecule has 1 fully saturated rings. The third-order valence-corrected chi connectivity index (χ3v) is 4.77. The molecule has 1 aliphatic heterocycles. The van der Waals surface area contributed by atoms with Crippen molar-refractivity contribution in [2.75, 3.05) is 13.1 Å². The van der Waals surface area contributed by atoms with E-state index in [1.165, 1.54) is 0 Å². The summed E-state index contributed by atoms with van der Waals surface area (Å²) in [4.78, 5) is 19.2. The molecule has 0 aliphatic carbocycles. The van der Waals surface area contributed by atoms with E-state index in [2.05, 4.69) is 17.0 Å². The highest BCUT2D eigenvalue weighted by Gasteiger charge is 2.24. The first-order valence-electron chi connectivity index (χ1n) is 8.41. The summed E-state index contributed by atoms with van der Waals surface area (Å²) in [7, 11) is 0. The number of carbonyl (C=O) groups is 1. The van der Waals surface area contributed by atoms with E-state index in [9.17, 15) is 4.79 Å². The first-order chi connectivity index (χ1) is 11.7. The van der Waals surface area contributed by atoms with Gasteiger partial charge in [-0.15, -0.1) is 0 Å². The number of fused-ring (bicyclic) bond motifs is 1. The van der Waals surface area contributed by atoms with E-state index in [0.717, 1.165) is 37.2 Å². The summed E-state index contributed by atoms with van der Waals surface area (Å²) in [5.41, 5.74) is 3.20. The van der Waals surface area contributed by atoms with Gasteiger partial charge in [-0.2, -0.15) is 5.10 Å². The minimum absolute atomic E-state index is 0.0367. The van der Waals surface area contributed by atoms with Crippen LogP contribution in [0.15, 0.2) is 48.8 Å². The maximum absolute atomic E-state index is 12.9. The van der Waals surface area contributed by atoms with Crippen LogP contribution in [0.2, 0.25) is 0 Å². The summed E-state index contributed by atoms with van der Waals surface area (Å²) in [6.07, 6.45) is 5.52. The van der Waals surface area contributed by atoms with Gasteiger partial charge in [0.1, 0.15) is 5.56 Å². The van der Waals surface area contributed by atoms with E-state index in [0.29, 0.717) is 17.1 Å². The SMILES string of the molecule is CC1CCN(C(=O)c2cnn3c(-c4ccccc4)ccnc23)CC1. The summed E-state index contributed by atoms with van der Waals surface area (Å²) in [6, 6.07) is 12.0. The van der Waals surface area contributed by atoms with Gasteiger partial charge >= 0.3 is 0 Å². The lowest BCUT2D eigenvalue weighted by Crippen LogP contribution is -2.37.